The van der Waals surface area contributed by atoms with E-state index in [1.807, 2.05) is 0 Å². The second-order valence-corrected chi connectivity index (χ2v) is 6.21. The predicted molar refractivity (Wildman–Crippen MR) is 81.3 cm³/mol. The Labute approximate surface area is 115 Å². The van der Waals surface area contributed by atoms with Crippen molar-refractivity contribution in [3.63, 3.8) is 0 Å². The van der Waals surface area contributed by atoms with Gasteiger partial charge in [0.15, 0.2) is 0 Å². The van der Waals surface area contributed by atoms with Crippen LogP contribution in [0.5, 0.6) is 0 Å². The predicted octanol–water partition coefficient (Wildman–Crippen LogP) is 3.24. The molecule has 0 spiro atoms. The molecule has 1 aliphatic carbocycles. The lowest BCUT2D eigenvalue weighted by Crippen LogP contribution is -2.39. The summed E-state index contributed by atoms with van der Waals surface area (Å²) >= 11 is 0. The maximum atomic E-state index is 6.45. The molecule has 0 radical (unpaired) electrons. The lowest BCUT2D eigenvalue weighted by atomic mass is 9.94. The molecule has 0 bridgehead atoms. The van der Waals surface area contributed by atoms with Crippen molar-refractivity contribution in [2.75, 3.05) is 14.1 Å². The molecular weight excluding hydrogens is 232 g/mol. The van der Waals surface area contributed by atoms with Crippen molar-refractivity contribution in [2.45, 2.75) is 31.3 Å². The first-order valence-corrected chi connectivity index (χ1v) is 6.95. The van der Waals surface area contributed by atoms with Crippen LogP contribution in [0.15, 0.2) is 36.4 Å². The van der Waals surface area contributed by atoms with E-state index in [0.29, 0.717) is 6.04 Å². The highest BCUT2D eigenvalue weighted by atomic mass is 15.1. The first kappa shape index (κ1) is 12.6. The largest absolute Gasteiger partial charge is 0.323 e. The van der Waals surface area contributed by atoms with Gasteiger partial charge in [-0.15, -0.1) is 0 Å². The number of nitrogens with zero attached hydrogens (tertiary/aromatic N) is 1. The third-order valence-electron chi connectivity index (χ3n) is 4.22. The minimum absolute atomic E-state index is 0.0259. The molecule has 1 saturated carbocycles. The Hall–Kier alpha value is -1.38. The molecule has 19 heavy (non-hydrogen) atoms. The molecular formula is C17H22N2. The first-order chi connectivity index (χ1) is 8.99. The van der Waals surface area contributed by atoms with Crippen LogP contribution in [0.4, 0.5) is 0 Å². The third-order valence-corrected chi connectivity index (χ3v) is 4.22. The van der Waals surface area contributed by atoms with Crippen LogP contribution < -0.4 is 5.73 Å². The van der Waals surface area contributed by atoms with E-state index < -0.39 is 0 Å². The van der Waals surface area contributed by atoms with E-state index in [9.17, 15) is 0 Å². The monoisotopic (exact) mass is 254 g/mol. The van der Waals surface area contributed by atoms with Crippen LogP contribution in [0.1, 0.15) is 30.0 Å². The topological polar surface area (TPSA) is 29.3 Å². The minimum Gasteiger partial charge on any atom is -0.323 e. The molecule has 2 heteroatoms. The summed E-state index contributed by atoms with van der Waals surface area (Å²) in [4.78, 5) is 2.25. The number of aryl methyl sites for hydroxylation is 1. The molecule has 2 nitrogen and oxygen atoms in total. The molecule has 1 unspecified atom stereocenters. The second kappa shape index (κ2) is 4.32. The minimum atomic E-state index is -0.0259. The summed E-state index contributed by atoms with van der Waals surface area (Å²) in [6, 6.07) is 13.7. The smallest absolute Gasteiger partial charge is 0.0523 e. The van der Waals surface area contributed by atoms with Crippen LogP contribution in [-0.2, 0) is 0 Å². The fraction of sp³-hybridized carbons (Fsp3) is 0.412. The van der Waals surface area contributed by atoms with Gasteiger partial charge in [-0.2, -0.15) is 0 Å². The Bertz CT molecular complexity index is 612. The molecule has 100 valence electrons. The maximum Gasteiger partial charge on any atom is 0.0523 e. The molecule has 2 aromatic carbocycles. The van der Waals surface area contributed by atoms with Crippen molar-refractivity contribution in [1.82, 2.24) is 4.90 Å². The van der Waals surface area contributed by atoms with Gasteiger partial charge in [-0.05, 0) is 56.3 Å². The van der Waals surface area contributed by atoms with Crippen LogP contribution in [0.3, 0.4) is 0 Å². The van der Waals surface area contributed by atoms with Gasteiger partial charge in [0.2, 0.25) is 0 Å². The van der Waals surface area contributed by atoms with Crippen molar-refractivity contribution in [2.24, 2.45) is 5.73 Å². The highest BCUT2D eigenvalue weighted by Crippen LogP contribution is 2.46. The number of likely N-dealkylation sites (N-methyl/N-ethyl adjacent to an activating group) is 1. The summed E-state index contributed by atoms with van der Waals surface area (Å²) in [5.41, 5.74) is 9.07. The number of hydrogen-bond acceptors (Lipinski definition) is 2. The third kappa shape index (κ3) is 2.26. The standard InChI is InChI=1S/C17H22N2/c1-12-4-5-14-11-15(7-6-13(14)10-12)16(19(2)3)17(18)8-9-17/h4-7,10-11,16H,8-9,18H2,1-3H3. The van der Waals surface area contributed by atoms with Gasteiger partial charge < -0.3 is 10.6 Å². The molecule has 1 aliphatic rings. The molecule has 0 saturated heterocycles. The molecule has 1 atom stereocenters. The molecule has 2 aromatic rings. The highest BCUT2D eigenvalue weighted by Gasteiger charge is 2.47. The highest BCUT2D eigenvalue weighted by molar-refractivity contribution is 5.84. The fourth-order valence-corrected chi connectivity index (χ4v) is 3.12. The van der Waals surface area contributed by atoms with E-state index in [4.69, 9.17) is 5.73 Å². The second-order valence-electron chi connectivity index (χ2n) is 6.21. The van der Waals surface area contributed by atoms with E-state index in [2.05, 4.69) is 62.3 Å². The van der Waals surface area contributed by atoms with Crippen LogP contribution >= 0.6 is 0 Å². The van der Waals surface area contributed by atoms with Crippen LogP contribution in [0.25, 0.3) is 10.8 Å². The number of hydrogen-bond donors (Lipinski definition) is 1. The summed E-state index contributed by atoms with van der Waals surface area (Å²) in [5, 5.41) is 2.61. The average molecular weight is 254 g/mol. The van der Waals surface area contributed by atoms with Crippen molar-refractivity contribution < 1.29 is 0 Å². The number of fused-ring (bicyclic) bond motifs is 1. The SMILES string of the molecule is Cc1ccc2cc(C(N(C)C)C3(N)CC3)ccc2c1. The van der Waals surface area contributed by atoms with E-state index >= 15 is 0 Å². The Morgan fingerprint density at radius 1 is 1.05 bits per heavy atom. The number of rotatable bonds is 3. The van der Waals surface area contributed by atoms with Gasteiger partial charge in [0.05, 0.1) is 6.04 Å². The molecule has 0 aromatic heterocycles. The zero-order valence-corrected chi connectivity index (χ0v) is 12.0. The zero-order valence-electron chi connectivity index (χ0n) is 12.0. The van der Waals surface area contributed by atoms with Gasteiger partial charge in [0.1, 0.15) is 0 Å². The van der Waals surface area contributed by atoms with Crippen molar-refractivity contribution in [3.8, 4) is 0 Å². The van der Waals surface area contributed by atoms with Crippen LogP contribution in [0, 0.1) is 6.92 Å². The van der Waals surface area contributed by atoms with E-state index in [-0.39, 0.29) is 5.54 Å². The Morgan fingerprint density at radius 2 is 1.68 bits per heavy atom. The van der Waals surface area contributed by atoms with Crippen molar-refractivity contribution in [1.29, 1.82) is 0 Å². The summed E-state index contributed by atoms with van der Waals surface area (Å²) in [6.45, 7) is 2.13. The molecule has 2 N–H and O–H groups in total. The number of benzene rings is 2. The van der Waals surface area contributed by atoms with Crippen LogP contribution in [0.2, 0.25) is 0 Å². The molecule has 0 heterocycles. The Morgan fingerprint density at radius 3 is 2.32 bits per heavy atom. The molecule has 1 fully saturated rings. The van der Waals surface area contributed by atoms with Crippen molar-refractivity contribution in [3.05, 3.63) is 47.5 Å². The summed E-state index contributed by atoms with van der Waals surface area (Å²) in [7, 11) is 4.24. The Balaban J connectivity index is 2.06. The number of nitrogens with two attached hydrogens (primary N) is 1. The summed E-state index contributed by atoms with van der Waals surface area (Å²) in [5.74, 6) is 0. The summed E-state index contributed by atoms with van der Waals surface area (Å²) < 4.78 is 0. The normalized spacial score (nSPS) is 18.8. The van der Waals surface area contributed by atoms with Gasteiger partial charge in [0, 0.05) is 5.54 Å². The van der Waals surface area contributed by atoms with Gasteiger partial charge >= 0.3 is 0 Å². The maximum absolute atomic E-state index is 6.45. The van der Waals surface area contributed by atoms with Gasteiger partial charge in [-0.1, -0.05) is 35.9 Å². The quantitative estimate of drug-likeness (QED) is 0.911. The fourth-order valence-electron chi connectivity index (χ4n) is 3.12. The Kier molecular flexibility index (Phi) is 2.88. The zero-order chi connectivity index (χ0) is 13.6. The van der Waals surface area contributed by atoms with Gasteiger partial charge in [0.25, 0.3) is 0 Å². The lowest BCUT2D eigenvalue weighted by Gasteiger charge is -2.30. The van der Waals surface area contributed by atoms with E-state index in [0.717, 1.165) is 12.8 Å². The van der Waals surface area contributed by atoms with Crippen molar-refractivity contribution >= 4 is 10.8 Å². The van der Waals surface area contributed by atoms with E-state index in [1.54, 1.807) is 0 Å². The molecule has 0 aliphatic heterocycles. The lowest BCUT2D eigenvalue weighted by molar-refractivity contribution is 0.246. The van der Waals surface area contributed by atoms with Crippen LogP contribution in [-0.4, -0.2) is 24.5 Å². The summed E-state index contributed by atoms with van der Waals surface area (Å²) in [6.07, 6.45) is 2.25. The van der Waals surface area contributed by atoms with Gasteiger partial charge in [-0.25, -0.2) is 0 Å². The van der Waals surface area contributed by atoms with E-state index in [1.165, 1.54) is 21.9 Å². The van der Waals surface area contributed by atoms with Gasteiger partial charge in [-0.3, -0.25) is 0 Å². The molecule has 0 amide bonds. The first-order valence-electron chi connectivity index (χ1n) is 6.95. The molecule has 3 rings (SSSR count). The average Bonchev–Trinajstić information content (AvgIpc) is 3.07.